The lowest BCUT2D eigenvalue weighted by Crippen LogP contribution is -2.37. The third kappa shape index (κ3) is 4.08. The molecule has 7 heteroatoms. The van der Waals surface area contributed by atoms with E-state index in [4.69, 9.17) is 0 Å². The van der Waals surface area contributed by atoms with E-state index in [2.05, 4.69) is 22.4 Å². The number of anilines is 1. The highest BCUT2D eigenvalue weighted by Gasteiger charge is 2.42. The molecule has 0 bridgehead atoms. The van der Waals surface area contributed by atoms with Crippen molar-refractivity contribution in [2.45, 2.75) is 26.4 Å². The van der Waals surface area contributed by atoms with Crippen LogP contribution >= 0.6 is 0 Å². The molecule has 7 nitrogen and oxygen atoms in total. The number of imide groups is 1. The Morgan fingerprint density at radius 3 is 2.35 bits per heavy atom. The van der Waals surface area contributed by atoms with Gasteiger partial charge in [0.1, 0.15) is 5.70 Å². The van der Waals surface area contributed by atoms with Gasteiger partial charge in [0, 0.05) is 38.1 Å². The van der Waals surface area contributed by atoms with E-state index in [1.807, 2.05) is 17.0 Å². The molecule has 0 atom stereocenters. The van der Waals surface area contributed by atoms with E-state index in [1.165, 1.54) is 17.4 Å². The molecule has 170 valence electrons. The number of carbonyl (C=O) groups excluding carboxylic acids is 3. The molecule has 0 unspecified atom stereocenters. The molecule has 2 aliphatic heterocycles. The Kier molecular flexibility index (Phi) is 5.67. The molecule has 3 aromatic rings. The van der Waals surface area contributed by atoms with Gasteiger partial charge in [0.2, 0.25) is 5.91 Å². The summed E-state index contributed by atoms with van der Waals surface area (Å²) in [6.45, 7) is 2.85. The number of nitrogens with zero attached hydrogens (tertiary/aromatic N) is 3. The maximum Gasteiger partial charge on any atom is 0.278 e. The van der Waals surface area contributed by atoms with Crippen LogP contribution in [0.2, 0.25) is 0 Å². The number of fused-ring (bicyclic) bond motifs is 1. The van der Waals surface area contributed by atoms with Crippen molar-refractivity contribution in [3.05, 3.63) is 101 Å². The molecule has 0 fully saturated rings. The summed E-state index contributed by atoms with van der Waals surface area (Å²) in [4.78, 5) is 46.0. The topological polar surface area (TPSA) is 82.6 Å². The number of aromatic nitrogens is 1. The van der Waals surface area contributed by atoms with Gasteiger partial charge >= 0.3 is 0 Å². The number of benzene rings is 2. The smallest absolute Gasteiger partial charge is 0.278 e. The van der Waals surface area contributed by atoms with Crippen LogP contribution in [0.4, 0.5) is 5.69 Å². The zero-order chi connectivity index (χ0) is 23.7. The first-order valence-electron chi connectivity index (χ1n) is 11.2. The minimum Gasteiger partial charge on any atom is -0.362 e. The van der Waals surface area contributed by atoms with Crippen molar-refractivity contribution in [1.29, 1.82) is 0 Å². The van der Waals surface area contributed by atoms with Gasteiger partial charge in [0.15, 0.2) is 0 Å². The first-order valence-corrected chi connectivity index (χ1v) is 11.2. The van der Waals surface area contributed by atoms with Crippen LogP contribution in [0.25, 0.3) is 5.57 Å². The molecular formula is C27H24N4O3. The largest absolute Gasteiger partial charge is 0.362 e. The van der Waals surface area contributed by atoms with Crippen molar-refractivity contribution >= 4 is 29.0 Å². The van der Waals surface area contributed by atoms with E-state index in [-0.39, 0.29) is 24.3 Å². The van der Waals surface area contributed by atoms with E-state index in [0.717, 1.165) is 17.5 Å². The molecule has 1 N–H and O–H groups in total. The SMILES string of the molecule is CC(=O)Nc1ccc(C2=C(N3CCc4ccccc4C3)C(=O)N(Cc3ccncc3)C2=O)cc1. The zero-order valence-corrected chi connectivity index (χ0v) is 18.8. The van der Waals surface area contributed by atoms with E-state index >= 15 is 0 Å². The molecule has 2 aliphatic rings. The Morgan fingerprint density at radius 2 is 1.65 bits per heavy atom. The summed E-state index contributed by atoms with van der Waals surface area (Å²) >= 11 is 0. The highest BCUT2D eigenvalue weighted by atomic mass is 16.2. The molecular weight excluding hydrogens is 428 g/mol. The van der Waals surface area contributed by atoms with Crippen molar-refractivity contribution in [3.8, 4) is 0 Å². The number of carbonyl (C=O) groups is 3. The summed E-state index contributed by atoms with van der Waals surface area (Å²) in [5.74, 6) is -0.777. The van der Waals surface area contributed by atoms with E-state index in [9.17, 15) is 14.4 Å². The number of nitrogens with one attached hydrogen (secondary N) is 1. The number of pyridine rings is 1. The van der Waals surface area contributed by atoms with Crippen LogP contribution in [0.3, 0.4) is 0 Å². The fraction of sp³-hybridized carbons (Fsp3) is 0.185. The summed E-state index contributed by atoms with van der Waals surface area (Å²) in [7, 11) is 0. The van der Waals surface area contributed by atoms with Crippen molar-refractivity contribution in [2.75, 3.05) is 11.9 Å². The Labute approximate surface area is 197 Å². The van der Waals surface area contributed by atoms with Gasteiger partial charge in [-0.3, -0.25) is 24.3 Å². The fourth-order valence-corrected chi connectivity index (χ4v) is 4.54. The molecule has 5 rings (SSSR count). The zero-order valence-electron chi connectivity index (χ0n) is 18.8. The Morgan fingerprint density at radius 1 is 0.941 bits per heavy atom. The first kappa shape index (κ1) is 21.6. The van der Waals surface area contributed by atoms with Gasteiger partial charge in [-0.05, 0) is 52.9 Å². The standard InChI is InChI=1S/C27H24N4O3/c1-18(32)29-23-8-6-21(7-9-23)24-25(30-15-12-20-4-2-3-5-22(20)17-30)27(34)31(26(24)33)16-19-10-13-28-14-11-19/h2-11,13-14H,12,15-17H2,1H3,(H,29,32). The summed E-state index contributed by atoms with van der Waals surface area (Å²) in [5, 5.41) is 2.74. The minimum atomic E-state index is -0.317. The predicted octanol–water partition coefficient (Wildman–Crippen LogP) is 3.38. The first-order chi connectivity index (χ1) is 16.5. The van der Waals surface area contributed by atoms with Crippen LogP contribution in [-0.4, -0.2) is 39.1 Å². The van der Waals surface area contributed by atoms with Gasteiger partial charge < -0.3 is 10.2 Å². The number of rotatable bonds is 5. The predicted molar refractivity (Wildman–Crippen MR) is 128 cm³/mol. The highest BCUT2D eigenvalue weighted by molar-refractivity contribution is 6.35. The second kappa shape index (κ2) is 8.94. The van der Waals surface area contributed by atoms with Crippen LogP contribution in [0.15, 0.2) is 78.8 Å². The quantitative estimate of drug-likeness (QED) is 0.600. The Bertz CT molecular complexity index is 1300. The van der Waals surface area contributed by atoms with E-state index in [1.54, 1.807) is 48.8 Å². The average Bonchev–Trinajstić information content (AvgIpc) is 3.09. The van der Waals surface area contributed by atoms with Crippen molar-refractivity contribution < 1.29 is 14.4 Å². The second-order valence-electron chi connectivity index (χ2n) is 8.47. The lowest BCUT2D eigenvalue weighted by molar-refractivity contribution is -0.138. The maximum absolute atomic E-state index is 13.7. The normalized spacial score (nSPS) is 15.6. The van der Waals surface area contributed by atoms with Gasteiger partial charge in [-0.25, -0.2) is 0 Å². The van der Waals surface area contributed by atoms with Crippen molar-refractivity contribution in [3.63, 3.8) is 0 Å². The van der Waals surface area contributed by atoms with Crippen LogP contribution in [0.1, 0.15) is 29.2 Å². The molecule has 1 aromatic heterocycles. The molecule has 0 aliphatic carbocycles. The fourth-order valence-electron chi connectivity index (χ4n) is 4.54. The summed E-state index contributed by atoms with van der Waals surface area (Å²) in [5.41, 5.74) is 5.38. The highest BCUT2D eigenvalue weighted by Crippen LogP contribution is 2.35. The van der Waals surface area contributed by atoms with Crippen LogP contribution in [0.5, 0.6) is 0 Å². The van der Waals surface area contributed by atoms with E-state index < -0.39 is 0 Å². The molecule has 0 radical (unpaired) electrons. The van der Waals surface area contributed by atoms with Crippen LogP contribution < -0.4 is 5.32 Å². The summed E-state index contributed by atoms with van der Waals surface area (Å²) in [6, 6.07) is 18.9. The lowest BCUT2D eigenvalue weighted by Gasteiger charge is -2.31. The van der Waals surface area contributed by atoms with Gasteiger partial charge in [-0.1, -0.05) is 36.4 Å². The number of hydrogen-bond acceptors (Lipinski definition) is 5. The van der Waals surface area contributed by atoms with Crippen LogP contribution in [-0.2, 0) is 33.9 Å². The third-order valence-electron chi connectivity index (χ3n) is 6.17. The van der Waals surface area contributed by atoms with Crippen LogP contribution in [0, 0.1) is 0 Å². The van der Waals surface area contributed by atoms with Gasteiger partial charge in [-0.2, -0.15) is 0 Å². The number of amides is 3. The third-order valence-corrected chi connectivity index (χ3v) is 6.17. The molecule has 0 spiro atoms. The molecule has 34 heavy (non-hydrogen) atoms. The van der Waals surface area contributed by atoms with Gasteiger partial charge in [-0.15, -0.1) is 0 Å². The Hall–Kier alpha value is -4.26. The molecule has 3 heterocycles. The molecule has 3 amide bonds. The molecule has 0 saturated heterocycles. The Balaban J connectivity index is 1.54. The monoisotopic (exact) mass is 452 g/mol. The maximum atomic E-state index is 13.7. The van der Waals surface area contributed by atoms with E-state index in [0.29, 0.717) is 35.6 Å². The second-order valence-corrected chi connectivity index (χ2v) is 8.47. The van der Waals surface area contributed by atoms with Crippen molar-refractivity contribution in [2.24, 2.45) is 0 Å². The lowest BCUT2D eigenvalue weighted by atomic mass is 9.97. The summed E-state index contributed by atoms with van der Waals surface area (Å²) in [6.07, 6.45) is 4.11. The van der Waals surface area contributed by atoms with Gasteiger partial charge in [0.25, 0.3) is 11.8 Å². The molecule has 0 saturated carbocycles. The van der Waals surface area contributed by atoms with Crippen molar-refractivity contribution in [1.82, 2.24) is 14.8 Å². The molecule has 2 aromatic carbocycles. The number of hydrogen-bond donors (Lipinski definition) is 1. The summed E-state index contributed by atoms with van der Waals surface area (Å²) < 4.78 is 0. The van der Waals surface area contributed by atoms with Gasteiger partial charge in [0.05, 0.1) is 12.1 Å². The average molecular weight is 453 g/mol. The minimum absolute atomic E-state index is 0.171.